The van der Waals surface area contributed by atoms with Gasteiger partial charge in [0.15, 0.2) is 0 Å². The van der Waals surface area contributed by atoms with Crippen molar-refractivity contribution in [3.05, 3.63) is 0 Å². The summed E-state index contributed by atoms with van der Waals surface area (Å²) in [6.45, 7) is 10.5. The molecule has 0 aromatic heterocycles. The summed E-state index contributed by atoms with van der Waals surface area (Å²) in [5.41, 5.74) is -0.253. The molecule has 0 amide bonds. The van der Waals surface area contributed by atoms with Crippen molar-refractivity contribution in [3.8, 4) is 0 Å². The minimum absolute atomic E-state index is 0.00263. The van der Waals surface area contributed by atoms with Crippen molar-refractivity contribution in [1.29, 1.82) is 0 Å². The van der Waals surface area contributed by atoms with E-state index in [1.165, 1.54) is 12.8 Å². The molecule has 0 spiro atoms. The van der Waals surface area contributed by atoms with Crippen molar-refractivity contribution in [1.82, 2.24) is 4.90 Å². The molecule has 0 N–H and O–H groups in total. The molecule has 3 unspecified atom stereocenters. The van der Waals surface area contributed by atoms with Gasteiger partial charge in [0.25, 0.3) is 0 Å². The average Bonchev–Trinajstić information content (AvgIpc) is 2.53. The lowest BCUT2D eigenvalue weighted by Gasteiger charge is -2.28. The van der Waals surface area contributed by atoms with E-state index in [9.17, 15) is 4.79 Å². The van der Waals surface area contributed by atoms with Gasteiger partial charge in [-0.1, -0.05) is 13.8 Å². The van der Waals surface area contributed by atoms with Gasteiger partial charge in [-0.15, -0.1) is 0 Å². The topological polar surface area (TPSA) is 29.5 Å². The van der Waals surface area contributed by atoms with E-state index in [4.69, 9.17) is 4.74 Å². The third-order valence-electron chi connectivity index (χ3n) is 4.73. The van der Waals surface area contributed by atoms with Crippen LogP contribution in [0.5, 0.6) is 0 Å². The number of hydrogen-bond acceptors (Lipinski definition) is 3. The molecule has 2 rings (SSSR count). The summed E-state index contributed by atoms with van der Waals surface area (Å²) >= 11 is 0. The Morgan fingerprint density at radius 2 is 1.88 bits per heavy atom. The molecule has 0 saturated carbocycles. The summed E-state index contributed by atoms with van der Waals surface area (Å²) in [5.74, 6) is 1.62. The van der Waals surface area contributed by atoms with Crippen LogP contribution in [0.4, 0.5) is 0 Å². The van der Waals surface area contributed by atoms with Gasteiger partial charge >= 0.3 is 5.97 Å². The molecule has 0 radical (unpaired) electrons. The Morgan fingerprint density at radius 1 is 1.29 bits per heavy atom. The zero-order valence-electron chi connectivity index (χ0n) is 11.4. The molecule has 17 heavy (non-hydrogen) atoms. The fraction of sp³-hybridized carbons (Fsp3) is 0.929. The Hall–Kier alpha value is -0.570. The fourth-order valence-electron chi connectivity index (χ4n) is 2.89. The van der Waals surface area contributed by atoms with Crippen molar-refractivity contribution >= 4 is 5.97 Å². The first-order valence-electron chi connectivity index (χ1n) is 6.91. The number of esters is 1. The maximum Gasteiger partial charge on any atom is 0.313 e. The maximum atomic E-state index is 11.7. The van der Waals surface area contributed by atoms with E-state index in [2.05, 4.69) is 25.7 Å². The highest BCUT2D eigenvalue weighted by molar-refractivity contribution is 5.78. The summed E-state index contributed by atoms with van der Waals surface area (Å²) in [7, 11) is 0. The molecule has 0 aliphatic carbocycles. The van der Waals surface area contributed by atoms with Gasteiger partial charge in [0.2, 0.25) is 0 Å². The van der Waals surface area contributed by atoms with Crippen LogP contribution < -0.4 is 0 Å². The van der Waals surface area contributed by atoms with Crippen molar-refractivity contribution in [2.24, 2.45) is 17.3 Å². The number of nitrogens with zero attached hydrogens (tertiary/aromatic N) is 1. The van der Waals surface area contributed by atoms with E-state index < -0.39 is 0 Å². The van der Waals surface area contributed by atoms with Crippen LogP contribution in [0.15, 0.2) is 0 Å². The third-order valence-corrected chi connectivity index (χ3v) is 4.73. The Labute approximate surface area is 105 Å². The van der Waals surface area contributed by atoms with E-state index in [0.717, 1.165) is 37.9 Å². The van der Waals surface area contributed by atoms with Gasteiger partial charge in [-0.2, -0.15) is 0 Å². The zero-order valence-corrected chi connectivity index (χ0v) is 11.4. The Bertz CT molecular complexity index is 280. The summed E-state index contributed by atoms with van der Waals surface area (Å²) in [6.07, 6.45) is 3.39. The Kier molecular flexibility index (Phi) is 3.76. The Morgan fingerprint density at radius 3 is 2.35 bits per heavy atom. The van der Waals surface area contributed by atoms with Crippen LogP contribution in [0.25, 0.3) is 0 Å². The van der Waals surface area contributed by atoms with E-state index in [-0.39, 0.29) is 11.4 Å². The SMILES string of the molecule is CC1CCN(CC2(C)CCOC2=O)CCC1C. The second kappa shape index (κ2) is 4.97. The molecule has 2 aliphatic rings. The average molecular weight is 239 g/mol. The van der Waals surface area contributed by atoms with Gasteiger partial charge in [-0.05, 0) is 51.1 Å². The molecule has 0 aromatic carbocycles. The maximum absolute atomic E-state index is 11.7. The van der Waals surface area contributed by atoms with Gasteiger partial charge in [0, 0.05) is 6.54 Å². The lowest BCUT2D eigenvalue weighted by molar-refractivity contribution is -0.146. The third kappa shape index (κ3) is 2.82. The lowest BCUT2D eigenvalue weighted by atomic mass is 9.88. The van der Waals surface area contributed by atoms with Crippen LogP contribution in [0.2, 0.25) is 0 Å². The molecular weight excluding hydrogens is 214 g/mol. The smallest absolute Gasteiger partial charge is 0.313 e. The zero-order chi connectivity index (χ0) is 12.5. The number of rotatable bonds is 2. The predicted octanol–water partition coefficient (Wildman–Crippen LogP) is 2.31. The number of carbonyl (C=O) groups is 1. The molecule has 3 nitrogen and oxygen atoms in total. The molecule has 2 fully saturated rings. The number of hydrogen-bond donors (Lipinski definition) is 0. The van der Waals surface area contributed by atoms with E-state index in [1.54, 1.807) is 0 Å². The molecule has 3 heteroatoms. The second-order valence-corrected chi connectivity index (χ2v) is 6.25. The van der Waals surface area contributed by atoms with Gasteiger partial charge in [-0.3, -0.25) is 4.79 Å². The van der Waals surface area contributed by atoms with Gasteiger partial charge in [-0.25, -0.2) is 0 Å². The van der Waals surface area contributed by atoms with Crippen LogP contribution in [-0.4, -0.2) is 37.1 Å². The first kappa shape index (κ1) is 12.9. The fourth-order valence-corrected chi connectivity index (χ4v) is 2.89. The minimum atomic E-state index is -0.253. The van der Waals surface area contributed by atoms with Crippen molar-refractivity contribution in [2.75, 3.05) is 26.2 Å². The quantitative estimate of drug-likeness (QED) is 0.693. The lowest BCUT2D eigenvalue weighted by Crippen LogP contribution is -2.39. The van der Waals surface area contributed by atoms with E-state index in [1.807, 2.05) is 0 Å². The highest BCUT2D eigenvalue weighted by Crippen LogP contribution is 2.32. The molecule has 2 aliphatic heterocycles. The standard InChI is InChI=1S/C14H25NO2/c1-11-4-7-15(8-5-12(11)2)10-14(3)6-9-17-13(14)16/h11-12H,4-10H2,1-3H3. The van der Waals surface area contributed by atoms with Crippen molar-refractivity contribution < 1.29 is 9.53 Å². The summed E-state index contributed by atoms with van der Waals surface area (Å²) in [6, 6.07) is 0. The van der Waals surface area contributed by atoms with Crippen LogP contribution in [0.1, 0.15) is 40.0 Å². The van der Waals surface area contributed by atoms with E-state index >= 15 is 0 Å². The second-order valence-electron chi connectivity index (χ2n) is 6.25. The number of likely N-dealkylation sites (tertiary alicyclic amines) is 1. The highest BCUT2D eigenvalue weighted by atomic mass is 16.5. The summed E-state index contributed by atoms with van der Waals surface area (Å²) in [4.78, 5) is 14.2. The first-order valence-corrected chi connectivity index (χ1v) is 6.91. The van der Waals surface area contributed by atoms with Gasteiger partial charge < -0.3 is 9.64 Å². The summed E-state index contributed by atoms with van der Waals surface area (Å²) in [5, 5.41) is 0. The number of carbonyl (C=O) groups excluding carboxylic acids is 1. The monoisotopic (exact) mass is 239 g/mol. The molecule has 2 heterocycles. The van der Waals surface area contributed by atoms with Crippen LogP contribution in [0.3, 0.4) is 0 Å². The Balaban J connectivity index is 1.93. The molecule has 3 atom stereocenters. The van der Waals surface area contributed by atoms with E-state index in [0.29, 0.717) is 6.61 Å². The number of ether oxygens (including phenoxy) is 1. The molecule has 0 bridgehead atoms. The molecule has 98 valence electrons. The molecular formula is C14H25NO2. The first-order chi connectivity index (χ1) is 8.01. The van der Waals surface area contributed by atoms with Crippen molar-refractivity contribution in [3.63, 3.8) is 0 Å². The summed E-state index contributed by atoms with van der Waals surface area (Å²) < 4.78 is 5.12. The number of cyclic esters (lactones) is 1. The minimum Gasteiger partial charge on any atom is -0.465 e. The van der Waals surface area contributed by atoms with Crippen LogP contribution >= 0.6 is 0 Å². The largest absolute Gasteiger partial charge is 0.465 e. The normalized spacial score (nSPS) is 40.1. The predicted molar refractivity (Wildman–Crippen MR) is 67.7 cm³/mol. The van der Waals surface area contributed by atoms with Crippen LogP contribution in [0, 0.1) is 17.3 Å². The highest BCUT2D eigenvalue weighted by Gasteiger charge is 2.41. The van der Waals surface area contributed by atoms with Gasteiger partial charge in [0.05, 0.1) is 12.0 Å². The van der Waals surface area contributed by atoms with Gasteiger partial charge in [0.1, 0.15) is 0 Å². The van der Waals surface area contributed by atoms with Crippen LogP contribution in [-0.2, 0) is 9.53 Å². The molecule has 2 saturated heterocycles. The molecule has 0 aromatic rings. The van der Waals surface area contributed by atoms with Crippen molar-refractivity contribution in [2.45, 2.75) is 40.0 Å².